The number of nitrogens with one attached hydrogen (secondary N) is 2. The lowest BCUT2D eigenvalue weighted by Gasteiger charge is -2.33. The Hall–Kier alpha value is -3.06. The fourth-order valence-electron chi connectivity index (χ4n) is 4.36. The average Bonchev–Trinajstić information content (AvgIpc) is 3.29. The normalized spacial score (nSPS) is 15.0. The highest BCUT2D eigenvalue weighted by molar-refractivity contribution is 5.85. The van der Waals surface area contributed by atoms with E-state index in [2.05, 4.69) is 82.2 Å². The van der Waals surface area contributed by atoms with Crippen LogP contribution in [-0.2, 0) is 13.5 Å². The van der Waals surface area contributed by atoms with Gasteiger partial charge < -0.3 is 15.4 Å². The van der Waals surface area contributed by atoms with E-state index in [1.807, 2.05) is 31.7 Å². The number of aromatic nitrogens is 3. The van der Waals surface area contributed by atoms with Crippen LogP contribution in [0.4, 0.5) is 5.69 Å². The van der Waals surface area contributed by atoms with Crippen molar-refractivity contribution in [2.45, 2.75) is 25.5 Å². The molecule has 0 aliphatic carbocycles. The molecule has 0 bridgehead atoms. The first-order valence-electron chi connectivity index (χ1n) is 11.4. The molecular formula is C27H31Cl2N5O. The van der Waals surface area contributed by atoms with E-state index in [0.717, 1.165) is 29.8 Å². The molecule has 5 rings (SSSR count). The number of anilines is 1. The maximum atomic E-state index is 6.41. The van der Waals surface area contributed by atoms with E-state index in [0.29, 0.717) is 12.4 Å². The molecule has 35 heavy (non-hydrogen) atoms. The molecule has 0 amide bonds. The van der Waals surface area contributed by atoms with Crippen molar-refractivity contribution in [2.24, 2.45) is 7.05 Å². The van der Waals surface area contributed by atoms with Crippen molar-refractivity contribution in [1.82, 2.24) is 20.1 Å². The van der Waals surface area contributed by atoms with Crippen LogP contribution in [0.5, 0.6) is 5.88 Å². The van der Waals surface area contributed by atoms with Crippen molar-refractivity contribution in [1.29, 1.82) is 0 Å². The first-order valence-corrected chi connectivity index (χ1v) is 11.4. The number of fused-ring (bicyclic) bond motifs is 1. The van der Waals surface area contributed by atoms with Gasteiger partial charge in [-0.1, -0.05) is 54.6 Å². The second-order valence-electron chi connectivity index (χ2n) is 8.54. The van der Waals surface area contributed by atoms with Gasteiger partial charge in [-0.15, -0.1) is 24.8 Å². The van der Waals surface area contributed by atoms with Gasteiger partial charge in [0.15, 0.2) is 0 Å². The fraction of sp³-hybridized carbons (Fsp3) is 0.259. The van der Waals surface area contributed by atoms with Crippen LogP contribution in [0.1, 0.15) is 22.7 Å². The van der Waals surface area contributed by atoms with Crippen molar-refractivity contribution in [2.75, 3.05) is 18.4 Å². The molecule has 8 heteroatoms. The maximum Gasteiger partial charge on any atom is 0.237 e. The van der Waals surface area contributed by atoms with Gasteiger partial charge in [0.25, 0.3) is 0 Å². The largest absolute Gasteiger partial charge is 0.469 e. The molecular weight excluding hydrogens is 481 g/mol. The topological polar surface area (TPSA) is 64.0 Å². The Morgan fingerprint density at radius 1 is 1.06 bits per heavy atom. The van der Waals surface area contributed by atoms with Gasteiger partial charge in [-0.3, -0.25) is 4.68 Å². The molecule has 1 aliphatic rings. The zero-order chi connectivity index (χ0) is 22.6. The Morgan fingerprint density at radius 2 is 1.83 bits per heavy atom. The summed E-state index contributed by atoms with van der Waals surface area (Å²) in [4.78, 5) is 4.62. The molecule has 184 valence electrons. The van der Waals surface area contributed by atoms with Gasteiger partial charge in [-0.2, -0.15) is 5.10 Å². The second kappa shape index (κ2) is 12.1. The molecule has 2 aromatic heterocycles. The molecule has 2 aromatic carbocycles. The Kier molecular flexibility index (Phi) is 9.15. The molecule has 2 atom stereocenters. The minimum Gasteiger partial charge on any atom is -0.469 e. The monoisotopic (exact) mass is 511 g/mol. The Balaban J connectivity index is 0.00000171. The van der Waals surface area contributed by atoms with Crippen LogP contribution >= 0.6 is 24.8 Å². The number of aryl methyl sites for hydroxylation is 2. The van der Waals surface area contributed by atoms with E-state index in [1.54, 1.807) is 4.68 Å². The van der Waals surface area contributed by atoms with Crippen LogP contribution in [0.15, 0.2) is 79.3 Å². The molecule has 0 fully saturated rings. The molecule has 0 unspecified atom stereocenters. The zero-order valence-corrected chi connectivity index (χ0v) is 21.5. The number of rotatable bonds is 7. The number of hydrogen-bond acceptors (Lipinski definition) is 5. The van der Waals surface area contributed by atoms with Crippen LogP contribution < -0.4 is 15.4 Å². The Labute approximate surface area is 218 Å². The minimum absolute atomic E-state index is 0. The molecule has 1 aliphatic heterocycles. The van der Waals surface area contributed by atoms with Crippen molar-refractivity contribution in [3.8, 4) is 17.0 Å². The summed E-state index contributed by atoms with van der Waals surface area (Å²) in [6.45, 7) is 3.73. The quantitative estimate of drug-likeness (QED) is 0.348. The van der Waals surface area contributed by atoms with Gasteiger partial charge >= 0.3 is 0 Å². The van der Waals surface area contributed by atoms with E-state index in [4.69, 9.17) is 4.74 Å². The summed E-state index contributed by atoms with van der Waals surface area (Å²) in [5, 5.41) is 11.5. The third kappa shape index (κ3) is 6.14. The summed E-state index contributed by atoms with van der Waals surface area (Å²) < 4.78 is 8.21. The van der Waals surface area contributed by atoms with Crippen LogP contribution in [0, 0.1) is 6.92 Å². The number of halogens is 2. The van der Waals surface area contributed by atoms with Gasteiger partial charge in [0.2, 0.25) is 5.88 Å². The first-order chi connectivity index (χ1) is 16.2. The average molecular weight is 512 g/mol. The van der Waals surface area contributed by atoms with Crippen molar-refractivity contribution in [3.05, 3.63) is 95.9 Å². The predicted molar refractivity (Wildman–Crippen MR) is 146 cm³/mol. The molecule has 3 heterocycles. The fourth-order valence-corrected chi connectivity index (χ4v) is 4.36. The van der Waals surface area contributed by atoms with E-state index < -0.39 is 0 Å². The Bertz CT molecular complexity index is 1230. The van der Waals surface area contributed by atoms with E-state index in [-0.39, 0.29) is 37.0 Å². The highest BCUT2D eigenvalue weighted by Crippen LogP contribution is 2.34. The number of pyridine rings is 1. The van der Waals surface area contributed by atoms with E-state index in [9.17, 15) is 0 Å². The van der Waals surface area contributed by atoms with E-state index in [1.165, 1.54) is 16.7 Å². The smallest absolute Gasteiger partial charge is 0.237 e. The standard InChI is InChI=1S/C27H29N5O.2ClH/c1-19-8-6-7-9-20(19)12-13-28-26(21-10-4-3-5-11-21)25-17-29-24-14-22(15-30-27(24)33-25)23-16-31-32(2)18-23;;/h3-11,14-16,18,25-26,28-29H,12-13,17H2,1-2H3;2*1H/t25-,26+;;/m0../s1. The minimum atomic E-state index is -0.0755. The summed E-state index contributed by atoms with van der Waals surface area (Å²) in [5.41, 5.74) is 6.89. The summed E-state index contributed by atoms with van der Waals surface area (Å²) in [7, 11) is 1.91. The SMILES string of the molecule is Cc1ccccc1CCN[C@H](c1ccccc1)[C@@H]1CNc2cc(-c3cnn(C)c3)cnc2O1.Cl.Cl. The highest BCUT2D eigenvalue weighted by Gasteiger charge is 2.29. The van der Waals surface area contributed by atoms with Crippen LogP contribution in [0.3, 0.4) is 0 Å². The number of hydrogen-bond donors (Lipinski definition) is 2. The van der Waals surface area contributed by atoms with Gasteiger partial charge in [0.05, 0.1) is 24.5 Å². The van der Waals surface area contributed by atoms with Crippen LogP contribution in [-0.4, -0.2) is 34.0 Å². The third-order valence-electron chi connectivity index (χ3n) is 6.20. The molecule has 6 nitrogen and oxygen atoms in total. The van der Waals surface area contributed by atoms with E-state index >= 15 is 0 Å². The molecule has 0 radical (unpaired) electrons. The molecule has 4 aromatic rings. The molecule has 0 saturated carbocycles. The molecule has 0 saturated heterocycles. The van der Waals surface area contributed by atoms with Crippen molar-refractivity contribution >= 4 is 30.5 Å². The van der Waals surface area contributed by atoms with Gasteiger partial charge in [0, 0.05) is 30.6 Å². The lowest BCUT2D eigenvalue weighted by Crippen LogP contribution is -2.43. The number of nitrogens with zero attached hydrogens (tertiary/aromatic N) is 3. The van der Waals surface area contributed by atoms with Gasteiger partial charge in [-0.25, -0.2) is 4.98 Å². The Morgan fingerprint density at radius 3 is 2.57 bits per heavy atom. The lowest BCUT2D eigenvalue weighted by atomic mass is 9.99. The highest BCUT2D eigenvalue weighted by atomic mass is 35.5. The summed E-state index contributed by atoms with van der Waals surface area (Å²) in [5.74, 6) is 0.639. The van der Waals surface area contributed by atoms with Crippen LogP contribution in [0.2, 0.25) is 0 Å². The molecule has 2 N–H and O–H groups in total. The number of ether oxygens (including phenoxy) is 1. The lowest BCUT2D eigenvalue weighted by molar-refractivity contribution is 0.150. The summed E-state index contributed by atoms with van der Waals surface area (Å²) >= 11 is 0. The zero-order valence-electron chi connectivity index (χ0n) is 19.8. The van der Waals surface area contributed by atoms with Crippen molar-refractivity contribution in [3.63, 3.8) is 0 Å². The van der Waals surface area contributed by atoms with Crippen LogP contribution in [0.25, 0.3) is 11.1 Å². The predicted octanol–water partition coefficient (Wildman–Crippen LogP) is 5.38. The van der Waals surface area contributed by atoms with Crippen molar-refractivity contribution < 1.29 is 4.74 Å². The molecule has 0 spiro atoms. The third-order valence-corrected chi connectivity index (χ3v) is 6.20. The number of benzene rings is 2. The van der Waals surface area contributed by atoms with Gasteiger partial charge in [-0.05, 0) is 42.6 Å². The second-order valence-corrected chi connectivity index (χ2v) is 8.54. The first kappa shape index (κ1) is 26.5. The summed E-state index contributed by atoms with van der Waals surface area (Å²) in [6, 6.07) is 21.2. The summed E-state index contributed by atoms with van der Waals surface area (Å²) in [6.07, 6.45) is 6.58. The maximum absolute atomic E-state index is 6.41. The van der Waals surface area contributed by atoms with Gasteiger partial charge in [0.1, 0.15) is 6.10 Å².